The van der Waals surface area contributed by atoms with E-state index >= 15 is 0 Å². The van der Waals surface area contributed by atoms with Gasteiger partial charge in [0.15, 0.2) is 5.76 Å². The van der Waals surface area contributed by atoms with Crippen molar-refractivity contribution in [2.45, 2.75) is 33.0 Å². The minimum atomic E-state index is 0.122. The Morgan fingerprint density at radius 3 is 2.41 bits per heavy atom. The van der Waals surface area contributed by atoms with E-state index in [1.54, 1.807) is 0 Å². The Balaban J connectivity index is 1.52. The topological polar surface area (TPSA) is 89.6 Å². The van der Waals surface area contributed by atoms with Crippen LogP contribution in [0, 0.1) is 6.92 Å². The van der Waals surface area contributed by atoms with Crippen LogP contribution in [-0.2, 0) is 9.47 Å². The molecule has 0 saturated carbocycles. The third-order valence-electron chi connectivity index (χ3n) is 5.73. The van der Waals surface area contributed by atoms with Crippen molar-refractivity contribution in [2.75, 3.05) is 49.2 Å². The average Bonchev–Trinajstić information content (AvgIpc) is 3.25. The highest BCUT2D eigenvalue weighted by Gasteiger charge is 2.26. The Kier molecular flexibility index (Phi) is 5.75. The third kappa shape index (κ3) is 4.31. The third-order valence-corrected chi connectivity index (χ3v) is 5.73. The van der Waals surface area contributed by atoms with E-state index in [9.17, 15) is 0 Å². The minimum Gasteiger partial charge on any atom is -0.378 e. The van der Waals surface area contributed by atoms with Gasteiger partial charge in [-0.25, -0.2) is 15.0 Å². The summed E-state index contributed by atoms with van der Waals surface area (Å²) in [5.74, 6) is 2.27. The molecule has 2 aliphatic rings. The normalized spacial score (nSPS) is 21.7. The molecule has 0 radical (unpaired) electrons. The quantitative estimate of drug-likeness (QED) is 0.612. The number of anilines is 2. The molecule has 0 spiro atoms. The molecule has 2 saturated heterocycles. The van der Waals surface area contributed by atoms with Gasteiger partial charge in [0.2, 0.25) is 5.95 Å². The van der Waals surface area contributed by atoms with Crippen LogP contribution in [-0.4, -0.2) is 71.7 Å². The van der Waals surface area contributed by atoms with Gasteiger partial charge >= 0.3 is 0 Å². The van der Waals surface area contributed by atoms with Crippen molar-refractivity contribution in [3.8, 4) is 22.6 Å². The number of aryl methyl sites for hydroxylation is 1. The fourth-order valence-electron chi connectivity index (χ4n) is 4.26. The number of nitrogens with zero attached hydrogens (tertiary/aromatic N) is 6. The molecule has 2 atom stereocenters. The lowest BCUT2D eigenvalue weighted by Crippen LogP contribution is -2.46. The number of hydrogen-bond donors (Lipinski definition) is 0. The largest absolute Gasteiger partial charge is 0.378 e. The SMILES string of the molecule is Cc1cc(-c2cnc(N3C[C@H](C)O[C@@H](C)C3)nc2-c2ccc(N3CCOCC3)nc2)on1. The number of ether oxygens (including phenoxy) is 2. The molecular formula is C23H28N6O3. The summed E-state index contributed by atoms with van der Waals surface area (Å²) in [6.45, 7) is 10.7. The van der Waals surface area contributed by atoms with Crippen molar-refractivity contribution >= 4 is 11.8 Å². The van der Waals surface area contributed by atoms with Gasteiger partial charge in [-0.05, 0) is 32.9 Å². The predicted octanol–water partition coefficient (Wildman–Crippen LogP) is 2.95. The van der Waals surface area contributed by atoms with Crippen molar-refractivity contribution in [2.24, 2.45) is 0 Å². The highest BCUT2D eigenvalue weighted by molar-refractivity contribution is 5.78. The van der Waals surface area contributed by atoms with Crippen LogP contribution >= 0.6 is 0 Å². The van der Waals surface area contributed by atoms with Crippen LogP contribution in [0.1, 0.15) is 19.5 Å². The second kappa shape index (κ2) is 8.84. The molecule has 9 nitrogen and oxygen atoms in total. The fraction of sp³-hybridized carbons (Fsp3) is 0.478. The number of aromatic nitrogens is 4. The molecule has 168 valence electrons. The van der Waals surface area contributed by atoms with E-state index in [4.69, 9.17) is 24.0 Å². The van der Waals surface area contributed by atoms with Gasteiger partial charge in [0.25, 0.3) is 0 Å². The Bertz CT molecular complexity index is 1050. The minimum absolute atomic E-state index is 0.122. The molecule has 5 heterocycles. The number of pyridine rings is 1. The Labute approximate surface area is 187 Å². The number of hydrogen-bond acceptors (Lipinski definition) is 9. The first-order chi connectivity index (χ1) is 15.6. The van der Waals surface area contributed by atoms with Crippen molar-refractivity contribution in [3.05, 3.63) is 36.3 Å². The summed E-state index contributed by atoms with van der Waals surface area (Å²) in [4.78, 5) is 18.7. The van der Waals surface area contributed by atoms with Crippen LogP contribution in [0.15, 0.2) is 35.1 Å². The van der Waals surface area contributed by atoms with Crippen LogP contribution in [0.5, 0.6) is 0 Å². The molecule has 0 amide bonds. The summed E-state index contributed by atoms with van der Waals surface area (Å²) < 4.78 is 16.9. The van der Waals surface area contributed by atoms with Gasteiger partial charge in [-0.3, -0.25) is 0 Å². The predicted molar refractivity (Wildman–Crippen MR) is 121 cm³/mol. The van der Waals surface area contributed by atoms with E-state index in [1.165, 1.54) is 0 Å². The Morgan fingerprint density at radius 1 is 0.969 bits per heavy atom. The van der Waals surface area contributed by atoms with Gasteiger partial charge in [0.05, 0.1) is 42.4 Å². The van der Waals surface area contributed by atoms with Gasteiger partial charge in [-0.1, -0.05) is 5.16 Å². The second-order valence-electron chi connectivity index (χ2n) is 8.43. The Morgan fingerprint density at radius 2 is 1.75 bits per heavy atom. The molecule has 0 aliphatic carbocycles. The fourth-order valence-corrected chi connectivity index (χ4v) is 4.26. The van der Waals surface area contributed by atoms with Gasteiger partial charge in [-0.15, -0.1) is 0 Å². The molecule has 2 aliphatic heterocycles. The average molecular weight is 437 g/mol. The summed E-state index contributed by atoms with van der Waals surface area (Å²) in [5, 5.41) is 4.04. The maximum atomic E-state index is 5.88. The zero-order valence-electron chi connectivity index (χ0n) is 18.7. The zero-order valence-corrected chi connectivity index (χ0v) is 18.7. The molecule has 0 aromatic carbocycles. The summed E-state index contributed by atoms with van der Waals surface area (Å²) in [5.41, 5.74) is 3.29. The molecule has 5 rings (SSSR count). The molecule has 0 unspecified atom stereocenters. The van der Waals surface area contributed by atoms with E-state index in [2.05, 4.69) is 39.9 Å². The second-order valence-corrected chi connectivity index (χ2v) is 8.43. The van der Waals surface area contributed by atoms with Gasteiger partial charge < -0.3 is 23.8 Å². The smallest absolute Gasteiger partial charge is 0.226 e. The molecule has 3 aromatic heterocycles. The first kappa shape index (κ1) is 20.8. The first-order valence-electron chi connectivity index (χ1n) is 11.1. The van der Waals surface area contributed by atoms with Crippen LogP contribution in [0.3, 0.4) is 0 Å². The van der Waals surface area contributed by atoms with Crippen LogP contribution in [0.4, 0.5) is 11.8 Å². The summed E-state index contributed by atoms with van der Waals surface area (Å²) in [6.07, 6.45) is 3.93. The molecular weight excluding hydrogens is 408 g/mol. The molecule has 0 bridgehead atoms. The lowest BCUT2D eigenvalue weighted by atomic mass is 10.1. The Hall–Kier alpha value is -3.04. The maximum Gasteiger partial charge on any atom is 0.226 e. The molecule has 9 heteroatoms. The monoisotopic (exact) mass is 436 g/mol. The van der Waals surface area contributed by atoms with E-state index in [-0.39, 0.29) is 12.2 Å². The molecule has 32 heavy (non-hydrogen) atoms. The van der Waals surface area contributed by atoms with E-state index in [1.807, 2.05) is 31.5 Å². The van der Waals surface area contributed by atoms with Gasteiger partial charge in [-0.2, -0.15) is 0 Å². The molecule has 0 N–H and O–H groups in total. The lowest BCUT2D eigenvalue weighted by molar-refractivity contribution is -0.00571. The standard InChI is InChI=1S/C23H28N6O3/c1-15-10-20(32-27-15)19-12-25-23(29-13-16(2)31-17(3)14-29)26-22(19)18-4-5-21(24-11-18)28-6-8-30-9-7-28/h4-5,10-12,16-17H,6-9,13-14H2,1-3H3/t16-,17-/m0/s1. The number of morpholine rings is 2. The maximum absolute atomic E-state index is 5.88. The van der Waals surface area contributed by atoms with Crippen molar-refractivity contribution < 1.29 is 14.0 Å². The highest BCUT2D eigenvalue weighted by atomic mass is 16.5. The van der Waals surface area contributed by atoms with Gasteiger partial charge in [0.1, 0.15) is 5.82 Å². The summed E-state index contributed by atoms with van der Waals surface area (Å²) in [6, 6.07) is 5.99. The number of rotatable bonds is 4. The van der Waals surface area contributed by atoms with Crippen LogP contribution in [0.25, 0.3) is 22.6 Å². The summed E-state index contributed by atoms with van der Waals surface area (Å²) >= 11 is 0. The molecule has 3 aromatic rings. The summed E-state index contributed by atoms with van der Waals surface area (Å²) in [7, 11) is 0. The molecule has 2 fully saturated rings. The van der Waals surface area contributed by atoms with E-state index < -0.39 is 0 Å². The van der Waals surface area contributed by atoms with Gasteiger partial charge in [0, 0.05) is 50.2 Å². The van der Waals surface area contributed by atoms with Crippen molar-refractivity contribution in [3.63, 3.8) is 0 Å². The van der Waals surface area contributed by atoms with E-state index in [0.29, 0.717) is 11.7 Å². The first-order valence-corrected chi connectivity index (χ1v) is 11.1. The highest BCUT2D eigenvalue weighted by Crippen LogP contribution is 2.32. The van der Waals surface area contributed by atoms with E-state index in [0.717, 1.165) is 67.7 Å². The van der Waals surface area contributed by atoms with Crippen LogP contribution < -0.4 is 9.80 Å². The van der Waals surface area contributed by atoms with Crippen LogP contribution in [0.2, 0.25) is 0 Å². The lowest BCUT2D eigenvalue weighted by Gasteiger charge is -2.35. The van der Waals surface area contributed by atoms with Crippen molar-refractivity contribution in [1.29, 1.82) is 0 Å². The van der Waals surface area contributed by atoms with Crippen molar-refractivity contribution in [1.82, 2.24) is 20.1 Å². The zero-order chi connectivity index (χ0) is 22.1.